The van der Waals surface area contributed by atoms with E-state index in [0.717, 1.165) is 30.6 Å². The SMILES string of the molecule is CSC(=O)[C@H]1CC[C@H]2[C@@H]3CCC4=CCC=C[C@]4(C)[C@H]3CC[C@]12C. The van der Waals surface area contributed by atoms with Gasteiger partial charge in [0.2, 0.25) is 0 Å². The summed E-state index contributed by atoms with van der Waals surface area (Å²) in [5.74, 6) is 2.73. The van der Waals surface area contributed by atoms with Crippen LogP contribution < -0.4 is 0 Å². The summed E-state index contributed by atoms with van der Waals surface area (Å²) in [7, 11) is 0. The van der Waals surface area contributed by atoms with E-state index in [2.05, 4.69) is 32.1 Å². The lowest BCUT2D eigenvalue weighted by atomic mass is 9.48. The van der Waals surface area contributed by atoms with Crippen LogP contribution in [-0.4, -0.2) is 11.4 Å². The number of allylic oxidation sites excluding steroid dienone is 4. The first-order valence-corrected chi connectivity index (χ1v) is 10.7. The highest BCUT2D eigenvalue weighted by molar-refractivity contribution is 8.13. The van der Waals surface area contributed by atoms with E-state index < -0.39 is 0 Å². The molecular weight excluding hydrogens is 300 g/mol. The van der Waals surface area contributed by atoms with E-state index in [1.165, 1.54) is 43.9 Å². The molecule has 126 valence electrons. The van der Waals surface area contributed by atoms with E-state index in [1.54, 1.807) is 5.57 Å². The molecule has 23 heavy (non-hydrogen) atoms. The molecule has 3 saturated carbocycles. The second kappa shape index (κ2) is 5.51. The molecule has 0 aliphatic heterocycles. The molecule has 4 aliphatic carbocycles. The van der Waals surface area contributed by atoms with Gasteiger partial charge >= 0.3 is 0 Å². The van der Waals surface area contributed by atoms with Gasteiger partial charge in [-0.2, -0.15) is 0 Å². The minimum Gasteiger partial charge on any atom is -0.287 e. The Morgan fingerprint density at radius 2 is 2.00 bits per heavy atom. The maximum atomic E-state index is 12.5. The Morgan fingerprint density at radius 1 is 1.17 bits per heavy atom. The third-order valence-corrected chi connectivity index (χ3v) is 8.78. The summed E-state index contributed by atoms with van der Waals surface area (Å²) >= 11 is 1.46. The predicted molar refractivity (Wildman–Crippen MR) is 98.2 cm³/mol. The number of thioether (sulfide) groups is 1. The van der Waals surface area contributed by atoms with Gasteiger partial charge in [0, 0.05) is 11.3 Å². The van der Waals surface area contributed by atoms with Crippen molar-refractivity contribution in [3.05, 3.63) is 23.8 Å². The fourth-order valence-corrected chi connectivity index (χ4v) is 7.54. The number of fused-ring (bicyclic) bond motifs is 5. The van der Waals surface area contributed by atoms with Crippen molar-refractivity contribution in [1.82, 2.24) is 0 Å². The standard InChI is InChI=1S/C21H30OS/c1-20-12-5-4-6-14(20)7-8-15-16-9-10-18(19(22)23-3)21(16,2)13-11-17(15)20/h5-6,12,15-18H,4,7-11,13H2,1-3H3/t15-,16-,17-,18+,20-,21-/m0/s1. The fourth-order valence-electron chi connectivity index (χ4n) is 6.87. The Kier molecular flexibility index (Phi) is 3.83. The van der Waals surface area contributed by atoms with Gasteiger partial charge in [-0.1, -0.05) is 49.4 Å². The molecule has 0 bridgehead atoms. The molecule has 0 N–H and O–H groups in total. The maximum absolute atomic E-state index is 12.5. The van der Waals surface area contributed by atoms with Crippen molar-refractivity contribution in [3.8, 4) is 0 Å². The third kappa shape index (κ3) is 2.16. The average molecular weight is 331 g/mol. The van der Waals surface area contributed by atoms with Crippen LogP contribution >= 0.6 is 11.8 Å². The first kappa shape index (κ1) is 16.0. The summed E-state index contributed by atoms with van der Waals surface area (Å²) in [6, 6.07) is 0. The fraction of sp³-hybridized carbons (Fsp3) is 0.762. The number of carbonyl (C=O) groups excluding carboxylic acids is 1. The highest BCUT2D eigenvalue weighted by Gasteiger charge is 2.59. The summed E-state index contributed by atoms with van der Waals surface area (Å²) in [5.41, 5.74) is 2.29. The molecule has 3 fully saturated rings. The van der Waals surface area contributed by atoms with Crippen molar-refractivity contribution in [2.75, 3.05) is 6.26 Å². The van der Waals surface area contributed by atoms with Crippen molar-refractivity contribution < 1.29 is 4.79 Å². The van der Waals surface area contributed by atoms with Gasteiger partial charge in [-0.25, -0.2) is 0 Å². The van der Waals surface area contributed by atoms with Crippen molar-refractivity contribution in [3.63, 3.8) is 0 Å². The molecule has 4 rings (SSSR count). The van der Waals surface area contributed by atoms with Crippen LogP contribution in [-0.2, 0) is 4.79 Å². The van der Waals surface area contributed by atoms with Crippen LogP contribution in [0.5, 0.6) is 0 Å². The monoisotopic (exact) mass is 330 g/mol. The van der Waals surface area contributed by atoms with Gasteiger partial charge in [-0.3, -0.25) is 4.79 Å². The first-order valence-electron chi connectivity index (χ1n) is 9.46. The molecule has 0 unspecified atom stereocenters. The maximum Gasteiger partial charge on any atom is 0.192 e. The highest BCUT2D eigenvalue weighted by atomic mass is 32.2. The summed E-state index contributed by atoms with van der Waals surface area (Å²) in [6.07, 6.45) is 18.2. The summed E-state index contributed by atoms with van der Waals surface area (Å²) < 4.78 is 0. The van der Waals surface area contributed by atoms with Gasteiger partial charge in [0.1, 0.15) is 0 Å². The van der Waals surface area contributed by atoms with Crippen molar-refractivity contribution in [2.24, 2.45) is 34.5 Å². The van der Waals surface area contributed by atoms with Crippen LogP contribution in [0.2, 0.25) is 0 Å². The van der Waals surface area contributed by atoms with Crippen LogP contribution in [0.3, 0.4) is 0 Å². The smallest absolute Gasteiger partial charge is 0.192 e. The minimum absolute atomic E-state index is 0.275. The molecule has 0 spiro atoms. The molecule has 0 aromatic heterocycles. The topological polar surface area (TPSA) is 17.1 Å². The first-order chi connectivity index (χ1) is 11.0. The average Bonchev–Trinajstić information content (AvgIpc) is 2.91. The molecule has 0 saturated heterocycles. The molecule has 0 aromatic rings. The minimum atomic E-state index is 0.275. The Morgan fingerprint density at radius 3 is 2.78 bits per heavy atom. The number of rotatable bonds is 1. The van der Waals surface area contributed by atoms with Gasteiger partial charge in [0.25, 0.3) is 0 Å². The number of carbonyl (C=O) groups is 1. The molecular formula is C21H30OS. The van der Waals surface area contributed by atoms with Crippen LogP contribution in [0.25, 0.3) is 0 Å². The van der Waals surface area contributed by atoms with Crippen molar-refractivity contribution >= 4 is 16.9 Å². The Hall–Kier alpha value is -0.500. The van der Waals surface area contributed by atoms with Crippen molar-refractivity contribution in [2.45, 2.75) is 58.8 Å². The zero-order valence-electron chi connectivity index (χ0n) is 14.8. The largest absolute Gasteiger partial charge is 0.287 e. The van der Waals surface area contributed by atoms with Gasteiger partial charge in [-0.05, 0) is 74.4 Å². The Balaban J connectivity index is 1.65. The third-order valence-electron chi connectivity index (χ3n) is 8.10. The lowest BCUT2D eigenvalue weighted by molar-refractivity contribution is -0.120. The van der Waals surface area contributed by atoms with E-state index in [9.17, 15) is 4.79 Å². The van der Waals surface area contributed by atoms with Gasteiger partial charge in [-0.15, -0.1) is 0 Å². The summed E-state index contributed by atoms with van der Waals surface area (Å²) in [6.45, 7) is 4.94. The molecule has 6 atom stereocenters. The Bertz CT molecular complexity index is 576. The molecule has 2 heteroatoms. The second-order valence-electron chi connectivity index (χ2n) is 8.76. The van der Waals surface area contributed by atoms with Crippen LogP contribution in [0.15, 0.2) is 23.8 Å². The van der Waals surface area contributed by atoms with E-state index in [-0.39, 0.29) is 5.41 Å². The number of hydrogen-bond acceptors (Lipinski definition) is 2. The molecule has 0 radical (unpaired) electrons. The van der Waals surface area contributed by atoms with E-state index in [4.69, 9.17) is 0 Å². The molecule has 0 amide bonds. The van der Waals surface area contributed by atoms with Crippen LogP contribution in [0.1, 0.15) is 58.8 Å². The molecule has 0 heterocycles. The van der Waals surface area contributed by atoms with E-state index >= 15 is 0 Å². The van der Waals surface area contributed by atoms with Crippen molar-refractivity contribution in [1.29, 1.82) is 0 Å². The second-order valence-corrected chi connectivity index (χ2v) is 9.57. The summed E-state index contributed by atoms with van der Waals surface area (Å²) in [4.78, 5) is 12.5. The van der Waals surface area contributed by atoms with Gasteiger partial charge < -0.3 is 0 Å². The zero-order chi connectivity index (χ0) is 16.2. The molecule has 4 aliphatic rings. The van der Waals surface area contributed by atoms with Crippen LogP contribution in [0, 0.1) is 34.5 Å². The Labute approximate surface area is 145 Å². The van der Waals surface area contributed by atoms with Crippen LogP contribution in [0.4, 0.5) is 0 Å². The lowest BCUT2D eigenvalue weighted by Gasteiger charge is -2.57. The van der Waals surface area contributed by atoms with E-state index in [1.807, 2.05) is 6.26 Å². The highest BCUT2D eigenvalue weighted by Crippen LogP contribution is 2.66. The zero-order valence-corrected chi connectivity index (χ0v) is 15.6. The lowest BCUT2D eigenvalue weighted by Crippen LogP contribution is -2.49. The van der Waals surface area contributed by atoms with Gasteiger partial charge in [0.15, 0.2) is 5.12 Å². The summed E-state index contributed by atoms with van der Waals surface area (Å²) in [5, 5.41) is 0.452. The predicted octanol–water partition coefficient (Wildman–Crippen LogP) is 5.62. The number of hydrogen-bond donors (Lipinski definition) is 0. The quantitative estimate of drug-likeness (QED) is 0.580. The normalized spacial score (nSPS) is 48.2. The van der Waals surface area contributed by atoms with Gasteiger partial charge in [0.05, 0.1) is 0 Å². The van der Waals surface area contributed by atoms with E-state index in [0.29, 0.717) is 16.4 Å². The molecule has 1 nitrogen and oxygen atoms in total. The molecule has 0 aromatic carbocycles.